The van der Waals surface area contributed by atoms with Crippen LogP contribution in [0.3, 0.4) is 0 Å². The number of Topliss-reactive ketones (excluding diaryl/α,β-unsaturated/α-hetero) is 1. The van der Waals surface area contributed by atoms with Crippen molar-refractivity contribution < 1.29 is 9.53 Å². The quantitative estimate of drug-likeness (QED) is 0.371. The normalized spacial score (nSPS) is 20.7. The molecule has 0 aromatic heterocycles. The summed E-state index contributed by atoms with van der Waals surface area (Å²) >= 11 is 5.97. The second kappa shape index (κ2) is 6.80. The van der Waals surface area contributed by atoms with Gasteiger partial charge in [-0.2, -0.15) is 0 Å². The SMILES string of the molecule is O=C(c1ccccc1)[C@]1(C#Cc2ccccc2)O[C@H]1c1ccc(Cl)cc1. The highest BCUT2D eigenvalue weighted by molar-refractivity contribution is 6.30. The van der Waals surface area contributed by atoms with Gasteiger partial charge in [0.2, 0.25) is 11.4 Å². The first-order chi connectivity index (χ1) is 12.7. The van der Waals surface area contributed by atoms with Gasteiger partial charge in [0, 0.05) is 16.1 Å². The van der Waals surface area contributed by atoms with E-state index in [2.05, 4.69) is 11.8 Å². The van der Waals surface area contributed by atoms with Crippen molar-refractivity contribution in [2.75, 3.05) is 0 Å². The standard InChI is InChI=1S/C23H15ClO2/c24-20-13-11-19(12-14-20)22-23(26-22,16-15-17-7-3-1-4-8-17)21(25)18-9-5-2-6-10-18/h1-14,22H/t22-,23-/m0/s1. The van der Waals surface area contributed by atoms with Crippen LogP contribution in [0.15, 0.2) is 84.9 Å². The zero-order valence-electron chi connectivity index (χ0n) is 13.9. The predicted octanol–water partition coefficient (Wildman–Crippen LogP) is 5.08. The molecule has 0 radical (unpaired) electrons. The van der Waals surface area contributed by atoms with Crippen LogP contribution in [0, 0.1) is 11.8 Å². The predicted molar refractivity (Wildman–Crippen MR) is 102 cm³/mol. The number of ether oxygens (including phenoxy) is 1. The van der Waals surface area contributed by atoms with Crippen LogP contribution in [0.5, 0.6) is 0 Å². The van der Waals surface area contributed by atoms with Gasteiger partial charge >= 0.3 is 0 Å². The third-order valence-corrected chi connectivity index (χ3v) is 4.58. The summed E-state index contributed by atoms with van der Waals surface area (Å²) in [7, 11) is 0. The highest BCUT2D eigenvalue weighted by atomic mass is 35.5. The maximum Gasteiger partial charge on any atom is 0.223 e. The van der Waals surface area contributed by atoms with Gasteiger partial charge in [0.15, 0.2) is 0 Å². The van der Waals surface area contributed by atoms with Crippen molar-refractivity contribution in [3.63, 3.8) is 0 Å². The van der Waals surface area contributed by atoms with Crippen molar-refractivity contribution in [2.24, 2.45) is 0 Å². The molecule has 0 unspecified atom stereocenters. The monoisotopic (exact) mass is 358 g/mol. The second-order valence-electron chi connectivity index (χ2n) is 6.10. The lowest BCUT2D eigenvalue weighted by molar-refractivity contribution is 0.0916. The molecule has 0 aliphatic carbocycles. The first-order valence-electron chi connectivity index (χ1n) is 8.30. The Hall–Kier alpha value is -2.86. The van der Waals surface area contributed by atoms with Crippen molar-refractivity contribution in [1.82, 2.24) is 0 Å². The Kier molecular flexibility index (Phi) is 4.34. The maximum atomic E-state index is 13.1. The lowest BCUT2D eigenvalue weighted by atomic mass is 9.91. The first kappa shape index (κ1) is 16.6. The Morgan fingerprint density at radius 1 is 0.885 bits per heavy atom. The summed E-state index contributed by atoms with van der Waals surface area (Å²) in [4.78, 5) is 13.1. The van der Waals surface area contributed by atoms with Gasteiger partial charge in [0.05, 0.1) is 0 Å². The molecule has 2 atom stereocenters. The van der Waals surface area contributed by atoms with Crippen LogP contribution in [0.1, 0.15) is 27.6 Å². The smallest absolute Gasteiger partial charge is 0.223 e. The molecule has 0 N–H and O–H groups in total. The number of rotatable bonds is 3. The summed E-state index contributed by atoms with van der Waals surface area (Å²) < 4.78 is 5.90. The van der Waals surface area contributed by atoms with Crippen LogP contribution in [0.2, 0.25) is 5.02 Å². The molecule has 1 heterocycles. The average Bonchev–Trinajstić information content (AvgIpc) is 3.44. The minimum atomic E-state index is -1.16. The minimum Gasteiger partial charge on any atom is -0.339 e. The number of epoxide rings is 1. The van der Waals surface area contributed by atoms with Crippen LogP contribution >= 0.6 is 11.6 Å². The van der Waals surface area contributed by atoms with Crippen LogP contribution in [-0.4, -0.2) is 11.4 Å². The molecule has 0 spiro atoms. The molecule has 1 saturated heterocycles. The zero-order valence-corrected chi connectivity index (χ0v) is 14.6. The van der Waals surface area contributed by atoms with E-state index >= 15 is 0 Å². The molecular formula is C23H15ClO2. The first-order valence-corrected chi connectivity index (χ1v) is 8.68. The Morgan fingerprint density at radius 3 is 2.15 bits per heavy atom. The van der Waals surface area contributed by atoms with Crippen molar-refractivity contribution in [3.05, 3.63) is 107 Å². The number of hydrogen-bond acceptors (Lipinski definition) is 2. The van der Waals surface area contributed by atoms with Crippen LogP contribution in [-0.2, 0) is 4.74 Å². The molecule has 126 valence electrons. The highest BCUT2D eigenvalue weighted by Gasteiger charge is 2.62. The molecule has 0 bridgehead atoms. The van der Waals surface area contributed by atoms with Gasteiger partial charge in [0.25, 0.3) is 0 Å². The van der Waals surface area contributed by atoms with Crippen LogP contribution in [0.25, 0.3) is 0 Å². The van der Waals surface area contributed by atoms with E-state index in [1.807, 2.05) is 60.7 Å². The Bertz CT molecular complexity index is 985. The Morgan fingerprint density at radius 2 is 1.50 bits per heavy atom. The summed E-state index contributed by atoms with van der Waals surface area (Å²) in [6.07, 6.45) is -0.399. The molecular weight excluding hydrogens is 344 g/mol. The molecule has 0 amide bonds. The van der Waals surface area contributed by atoms with Gasteiger partial charge in [-0.1, -0.05) is 84.1 Å². The summed E-state index contributed by atoms with van der Waals surface area (Å²) in [6.45, 7) is 0. The van der Waals surface area contributed by atoms with Gasteiger partial charge in [-0.25, -0.2) is 0 Å². The topological polar surface area (TPSA) is 29.6 Å². The summed E-state index contributed by atoms with van der Waals surface area (Å²) in [5, 5.41) is 0.643. The molecule has 26 heavy (non-hydrogen) atoms. The van der Waals surface area contributed by atoms with Crippen molar-refractivity contribution >= 4 is 17.4 Å². The second-order valence-corrected chi connectivity index (χ2v) is 6.53. The molecule has 1 aliphatic rings. The summed E-state index contributed by atoms with van der Waals surface area (Å²) in [5.74, 6) is 6.06. The number of hydrogen-bond donors (Lipinski definition) is 0. The summed E-state index contributed by atoms with van der Waals surface area (Å²) in [6, 6.07) is 26.0. The average molecular weight is 359 g/mol. The molecule has 1 aliphatic heterocycles. The molecule has 3 aromatic rings. The van der Waals surface area contributed by atoms with E-state index in [0.717, 1.165) is 11.1 Å². The fourth-order valence-electron chi connectivity index (χ4n) is 2.91. The molecule has 1 fully saturated rings. The summed E-state index contributed by atoms with van der Waals surface area (Å²) in [5.41, 5.74) is 1.16. The molecule has 4 rings (SSSR count). The van der Waals surface area contributed by atoms with Gasteiger partial charge in [-0.05, 0) is 29.8 Å². The number of benzene rings is 3. The van der Waals surface area contributed by atoms with E-state index in [9.17, 15) is 4.79 Å². The lowest BCUT2D eigenvalue weighted by Gasteiger charge is -2.06. The zero-order chi connectivity index (χ0) is 18.0. The molecule has 3 aromatic carbocycles. The number of halogens is 1. The largest absolute Gasteiger partial charge is 0.339 e. The van der Waals surface area contributed by atoms with E-state index in [-0.39, 0.29) is 5.78 Å². The Labute approximate surface area is 157 Å². The molecule has 3 heteroatoms. The van der Waals surface area contributed by atoms with E-state index in [1.165, 1.54) is 0 Å². The maximum absolute atomic E-state index is 13.1. The highest BCUT2D eigenvalue weighted by Crippen LogP contribution is 2.51. The fraction of sp³-hybridized carbons (Fsp3) is 0.0870. The van der Waals surface area contributed by atoms with Gasteiger partial charge in [0.1, 0.15) is 6.10 Å². The van der Waals surface area contributed by atoms with E-state index < -0.39 is 11.7 Å². The lowest BCUT2D eigenvalue weighted by Crippen LogP contribution is -2.24. The third kappa shape index (κ3) is 3.15. The van der Waals surface area contributed by atoms with Gasteiger partial charge in [-0.3, -0.25) is 4.79 Å². The van der Waals surface area contributed by atoms with Crippen molar-refractivity contribution in [1.29, 1.82) is 0 Å². The van der Waals surface area contributed by atoms with E-state index in [0.29, 0.717) is 10.6 Å². The Balaban J connectivity index is 1.73. The molecule has 2 nitrogen and oxygen atoms in total. The van der Waals surface area contributed by atoms with E-state index in [1.54, 1.807) is 24.3 Å². The third-order valence-electron chi connectivity index (χ3n) is 4.33. The van der Waals surface area contributed by atoms with Crippen LogP contribution in [0.4, 0.5) is 0 Å². The fourth-order valence-corrected chi connectivity index (χ4v) is 3.03. The van der Waals surface area contributed by atoms with Crippen molar-refractivity contribution in [2.45, 2.75) is 11.7 Å². The minimum absolute atomic E-state index is 0.124. The van der Waals surface area contributed by atoms with Gasteiger partial charge in [-0.15, -0.1) is 0 Å². The molecule has 0 saturated carbocycles. The number of carbonyl (C=O) groups is 1. The number of ketones is 1. The van der Waals surface area contributed by atoms with Gasteiger partial charge < -0.3 is 4.74 Å². The van der Waals surface area contributed by atoms with E-state index in [4.69, 9.17) is 16.3 Å². The van der Waals surface area contributed by atoms with Crippen molar-refractivity contribution in [3.8, 4) is 11.8 Å². The number of carbonyl (C=O) groups excluding carboxylic acids is 1. The van der Waals surface area contributed by atoms with Crippen LogP contribution < -0.4 is 0 Å².